The number of alkyl halides is 1. The van der Waals surface area contributed by atoms with Crippen LogP contribution in [0.2, 0.25) is 0 Å². The van der Waals surface area contributed by atoms with Crippen molar-refractivity contribution in [3.63, 3.8) is 0 Å². The van der Waals surface area contributed by atoms with E-state index in [4.69, 9.17) is 19.9 Å². The number of amidine groups is 2. The van der Waals surface area contributed by atoms with E-state index in [-0.39, 0.29) is 11.7 Å². The molecule has 0 bridgehead atoms. The smallest absolute Gasteiger partial charge is 0.387 e. The van der Waals surface area contributed by atoms with Crippen LogP contribution in [0.5, 0.6) is 0 Å². The van der Waals surface area contributed by atoms with Crippen molar-refractivity contribution in [2.24, 2.45) is 15.0 Å². The molecule has 3 aliphatic heterocycles. The number of rotatable bonds is 6. The lowest BCUT2D eigenvalue weighted by Gasteiger charge is -2.30. The molecule has 3 rings (SSSR count). The van der Waals surface area contributed by atoms with Gasteiger partial charge in [-0.25, -0.2) is 24.1 Å². The van der Waals surface area contributed by atoms with E-state index in [0.717, 1.165) is 6.34 Å². The molecule has 0 spiro atoms. The zero-order chi connectivity index (χ0) is 20.9. The van der Waals surface area contributed by atoms with Crippen LogP contribution < -0.4 is 0 Å². The van der Waals surface area contributed by atoms with E-state index in [1.54, 1.807) is 0 Å². The first-order valence-electron chi connectivity index (χ1n) is 7.32. The topological polar surface area (TPSA) is 227 Å². The third kappa shape index (κ3) is 4.17. The highest BCUT2D eigenvalue weighted by atomic mass is 79.9. The summed E-state index contributed by atoms with van der Waals surface area (Å²) in [6, 6.07) is 0. The highest BCUT2D eigenvalue weighted by molar-refractivity contribution is 9.10. The lowest BCUT2D eigenvalue weighted by molar-refractivity contribution is -0.0502. The third-order valence-electron chi connectivity index (χ3n) is 3.80. The maximum absolute atomic E-state index is 11.5. The maximum atomic E-state index is 11.5. The Bertz CT molecular complexity index is 862. The Labute approximate surface area is 164 Å². The molecule has 15 nitrogen and oxygen atoms in total. The Hall–Kier alpha value is -0.900. The number of ether oxygens (including phenoxy) is 1. The second-order valence-corrected chi connectivity index (χ2v) is 9.68. The van der Waals surface area contributed by atoms with Gasteiger partial charge in [0.05, 0.1) is 12.9 Å². The number of fused-ring (bicyclic) bond motifs is 1. The first-order chi connectivity index (χ1) is 12.8. The van der Waals surface area contributed by atoms with Crippen molar-refractivity contribution >= 4 is 55.9 Å². The Morgan fingerprint density at radius 1 is 1.32 bits per heavy atom. The van der Waals surface area contributed by atoms with Crippen LogP contribution in [0.25, 0.3) is 0 Å². The fourth-order valence-electron chi connectivity index (χ4n) is 2.58. The largest absolute Gasteiger partial charge is 0.481 e. The number of nitrogens with zero attached hydrogens (tertiary/aromatic N) is 4. The molecule has 156 valence electrons. The maximum Gasteiger partial charge on any atom is 0.481 e. The molecule has 3 heterocycles. The fourth-order valence-corrected chi connectivity index (χ4v) is 4.68. The summed E-state index contributed by atoms with van der Waals surface area (Å²) in [4.78, 5) is 39.4. The lowest BCUT2D eigenvalue weighted by Crippen LogP contribution is -2.51. The van der Waals surface area contributed by atoms with Crippen molar-refractivity contribution in [1.29, 1.82) is 5.41 Å². The van der Waals surface area contributed by atoms with Gasteiger partial charge in [-0.3, -0.25) is 14.8 Å². The van der Waals surface area contributed by atoms with Gasteiger partial charge >= 0.3 is 15.6 Å². The number of aliphatic imine (C=N–C) groups is 3. The van der Waals surface area contributed by atoms with Crippen molar-refractivity contribution in [2.75, 3.05) is 6.61 Å². The summed E-state index contributed by atoms with van der Waals surface area (Å²) in [7, 11) is -10.5. The Morgan fingerprint density at radius 2 is 2.00 bits per heavy atom. The van der Waals surface area contributed by atoms with Gasteiger partial charge in [-0.05, 0) is 15.9 Å². The average molecular weight is 506 g/mol. The van der Waals surface area contributed by atoms with Gasteiger partial charge in [-0.15, -0.1) is 0 Å². The van der Waals surface area contributed by atoms with Crippen molar-refractivity contribution in [1.82, 2.24) is 4.90 Å². The first kappa shape index (κ1) is 21.8. The molecule has 0 radical (unpaired) electrons. The number of hydrogen-bond acceptors (Lipinski definition) is 11. The minimum Gasteiger partial charge on any atom is -0.387 e. The van der Waals surface area contributed by atoms with Crippen molar-refractivity contribution in [2.45, 2.75) is 29.0 Å². The summed E-state index contributed by atoms with van der Waals surface area (Å²) < 4.78 is 34.2. The molecule has 1 fully saturated rings. The molecule has 0 saturated carbocycles. The first-order valence-corrected chi connectivity index (χ1v) is 11.1. The molecule has 0 aromatic rings. The lowest BCUT2D eigenvalue weighted by atomic mass is 10.1. The molecule has 0 amide bonds. The summed E-state index contributed by atoms with van der Waals surface area (Å²) in [5.74, 6) is -0.0528. The van der Waals surface area contributed by atoms with Crippen LogP contribution in [-0.2, 0) is 22.7 Å². The minimum absolute atomic E-state index is 0.128. The molecule has 6 N–H and O–H groups in total. The van der Waals surface area contributed by atoms with E-state index in [1.165, 1.54) is 11.2 Å². The van der Waals surface area contributed by atoms with Crippen LogP contribution in [0.15, 0.2) is 15.0 Å². The average Bonchev–Trinajstić information content (AvgIpc) is 3.04. The minimum atomic E-state index is -5.30. The molecule has 0 aromatic heterocycles. The predicted octanol–water partition coefficient (Wildman–Crippen LogP) is -1.49. The summed E-state index contributed by atoms with van der Waals surface area (Å²) >= 11 is 3.22. The molecule has 6 atom stereocenters. The molecule has 1 saturated heterocycles. The quantitative estimate of drug-likeness (QED) is 0.138. The zero-order valence-electron chi connectivity index (χ0n) is 13.5. The second kappa shape index (κ2) is 7.41. The van der Waals surface area contributed by atoms with Crippen LogP contribution in [0, 0.1) is 5.41 Å². The molecule has 28 heavy (non-hydrogen) atoms. The van der Waals surface area contributed by atoms with E-state index in [0.29, 0.717) is 0 Å². The number of halogens is 1. The van der Waals surface area contributed by atoms with Crippen LogP contribution >= 0.6 is 31.6 Å². The van der Waals surface area contributed by atoms with Crippen LogP contribution in [0.3, 0.4) is 0 Å². The van der Waals surface area contributed by atoms with Gasteiger partial charge in [-0.1, -0.05) is 0 Å². The molecule has 18 heteroatoms. The van der Waals surface area contributed by atoms with Gasteiger partial charge in [0.2, 0.25) is 4.45 Å². The van der Waals surface area contributed by atoms with Crippen LogP contribution in [0.4, 0.5) is 0 Å². The highest BCUT2D eigenvalue weighted by Crippen LogP contribution is 2.57. The van der Waals surface area contributed by atoms with Crippen LogP contribution in [-0.4, -0.2) is 89.7 Å². The molecule has 0 aliphatic carbocycles. The SMILES string of the molecule is N=C1N=CN=C2N([C@@H]3O[C@H](COP(=O)(O)OP(=O)(O)O)[C@@H](O)[C@H]3O)C=NC12Br. The molecule has 3 aliphatic rings. The highest BCUT2D eigenvalue weighted by Gasteiger charge is 2.54. The van der Waals surface area contributed by atoms with Gasteiger partial charge in [0.1, 0.15) is 24.7 Å². The van der Waals surface area contributed by atoms with Crippen LogP contribution in [0.1, 0.15) is 0 Å². The van der Waals surface area contributed by atoms with E-state index in [1.807, 2.05) is 0 Å². The van der Waals surface area contributed by atoms with Gasteiger partial charge in [0, 0.05) is 0 Å². The van der Waals surface area contributed by atoms with Gasteiger partial charge < -0.3 is 29.6 Å². The fraction of sp³-hybridized carbons (Fsp3) is 0.600. The predicted molar refractivity (Wildman–Crippen MR) is 95.2 cm³/mol. The molecule has 0 aromatic carbocycles. The van der Waals surface area contributed by atoms with Gasteiger partial charge in [-0.2, -0.15) is 4.31 Å². The number of aliphatic hydroxyl groups excluding tert-OH is 2. The van der Waals surface area contributed by atoms with Gasteiger partial charge in [0.15, 0.2) is 17.9 Å². The van der Waals surface area contributed by atoms with E-state index >= 15 is 0 Å². The van der Waals surface area contributed by atoms with E-state index in [9.17, 15) is 24.2 Å². The Balaban J connectivity index is 1.70. The normalized spacial score (nSPS) is 37.1. The van der Waals surface area contributed by atoms with Crippen molar-refractivity contribution in [3.05, 3.63) is 0 Å². The Morgan fingerprint density at radius 3 is 2.64 bits per heavy atom. The van der Waals surface area contributed by atoms with Crippen molar-refractivity contribution < 1.29 is 47.6 Å². The van der Waals surface area contributed by atoms with E-state index < -0.39 is 51.2 Å². The second-order valence-electron chi connectivity index (χ2n) is 5.70. The Kier molecular flexibility index (Phi) is 5.77. The van der Waals surface area contributed by atoms with E-state index in [2.05, 4.69) is 39.7 Å². The number of nitrogens with one attached hydrogen (secondary N) is 1. The zero-order valence-corrected chi connectivity index (χ0v) is 16.9. The summed E-state index contributed by atoms with van der Waals surface area (Å²) in [6.07, 6.45) is -3.47. The molecule has 2 unspecified atom stereocenters. The number of hydrogen-bond donors (Lipinski definition) is 6. The van der Waals surface area contributed by atoms with Crippen molar-refractivity contribution in [3.8, 4) is 0 Å². The third-order valence-corrected chi connectivity index (χ3v) is 6.89. The number of phosphoric ester groups is 1. The summed E-state index contributed by atoms with van der Waals surface area (Å²) in [5.41, 5.74) is 0. The number of phosphoric acid groups is 2. The monoisotopic (exact) mass is 505 g/mol. The standard InChI is InChI=1S/C10H14BrN5O10P2/c11-10-8(12)13-2-14-9(10)16(3-15-10)7-6(18)5(17)4(25-7)1-24-28(22,23)26-27(19,20)21/h2-7,12,17-18H,1H2,(H,22,23)(H2,19,20,21)/t4-,5-,6-,7-,10?/m1/s1. The number of aliphatic hydroxyl groups is 2. The summed E-state index contributed by atoms with van der Waals surface area (Å²) in [5, 5.41) is 28.2. The summed E-state index contributed by atoms with van der Waals surface area (Å²) in [6.45, 7) is -0.837. The van der Waals surface area contributed by atoms with Gasteiger partial charge in [0.25, 0.3) is 0 Å². The molecular formula is C10H14BrN5O10P2. The molecular weight excluding hydrogens is 492 g/mol.